The number of likely N-dealkylation sites (tertiary alicyclic amines) is 1. The normalized spacial score (nSPS) is 24.4. The number of halogens is 2. The molecule has 1 aromatic carbocycles. The average molecular weight is 471 g/mol. The molecule has 0 unspecified atom stereocenters. The second-order valence-corrected chi connectivity index (χ2v) is 9.11. The largest absolute Gasteiger partial charge is 0.391 e. The lowest BCUT2D eigenvalue weighted by Gasteiger charge is -2.39. The molecule has 0 spiro atoms. The number of benzene rings is 1. The van der Waals surface area contributed by atoms with Crippen LogP contribution in [0.2, 0.25) is 10.0 Å². The Morgan fingerprint density at radius 3 is 2.58 bits per heavy atom. The number of β-amino-alcohol motifs (C(OH)–C–C–N with tert-alkyl or cyclic N) is 1. The smallest absolute Gasteiger partial charge is 0.322 e. The summed E-state index contributed by atoms with van der Waals surface area (Å²) in [6.07, 6.45) is 0.409. The number of aliphatic hydroxyl groups is 1. The van der Waals surface area contributed by atoms with Gasteiger partial charge in [0.2, 0.25) is 11.8 Å². The van der Waals surface area contributed by atoms with Gasteiger partial charge in [-0.15, -0.1) is 0 Å². The molecule has 2 N–H and O–H groups in total. The number of hydrogen-bond donors (Lipinski definition) is 2. The molecule has 2 aliphatic rings. The minimum atomic E-state index is -0.650. The van der Waals surface area contributed by atoms with Crippen molar-refractivity contribution in [1.29, 1.82) is 0 Å². The zero-order valence-electron chi connectivity index (χ0n) is 17.7. The van der Waals surface area contributed by atoms with E-state index in [9.17, 15) is 19.5 Å². The number of hydrogen-bond acceptors (Lipinski definition) is 4. The molecule has 1 aromatic rings. The van der Waals surface area contributed by atoms with E-state index in [1.807, 2.05) is 6.92 Å². The molecule has 2 heterocycles. The number of aliphatic hydroxyl groups excluding tert-OH is 1. The van der Waals surface area contributed by atoms with Crippen molar-refractivity contribution < 1.29 is 19.5 Å². The van der Waals surface area contributed by atoms with Crippen molar-refractivity contribution in [1.82, 2.24) is 14.7 Å². The minimum Gasteiger partial charge on any atom is -0.391 e. The highest BCUT2D eigenvalue weighted by Crippen LogP contribution is 2.25. The van der Waals surface area contributed by atoms with Gasteiger partial charge in [0.25, 0.3) is 0 Å². The number of rotatable bonds is 4. The summed E-state index contributed by atoms with van der Waals surface area (Å²) in [6.45, 7) is 5.66. The van der Waals surface area contributed by atoms with Gasteiger partial charge in [0.1, 0.15) is 6.04 Å². The fourth-order valence-electron chi connectivity index (χ4n) is 4.11. The molecule has 0 aliphatic carbocycles. The summed E-state index contributed by atoms with van der Waals surface area (Å²) in [4.78, 5) is 42.7. The van der Waals surface area contributed by atoms with Crippen molar-refractivity contribution in [3.05, 3.63) is 28.2 Å². The molecule has 0 aromatic heterocycles. The minimum absolute atomic E-state index is 0.0640. The molecule has 8 nitrogen and oxygen atoms in total. The maximum atomic E-state index is 12.8. The van der Waals surface area contributed by atoms with Gasteiger partial charge in [-0.05, 0) is 37.5 Å². The van der Waals surface area contributed by atoms with Crippen LogP contribution in [0.4, 0.5) is 10.5 Å². The predicted octanol–water partition coefficient (Wildman–Crippen LogP) is 2.68. The molecule has 2 fully saturated rings. The van der Waals surface area contributed by atoms with Gasteiger partial charge in [-0.2, -0.15) is 0 Å². The Bertz CT molecular complexity index is 843. The molecular formula is C21H28Cl2N4O4. The summed E-state index contributed by atoms with van der Waals surface area (Å²) in [7, 11) is 0. The van der Waals surface area contributed by atoms with Crippen LogP contribution < -0.4 is 5.32 Å². The molecule has 10 heteroatoms. The average Bonchev–Trinajstić information content (AvgIpc) is 2.70. The molecule has 3 atom stereocenters. The Balaban J connectivity index is 1.52. The van der Waals surface area contributed by atoms with Gasteiger partial charge in [-0.3, -0.25) is 9.59 Å². The number of anilines is 1. The van der Waals surface area contributed by atoms with Gasteiger partial charge in [0, 0.05) is 44.8 Å². The second-order valence-electron chi connectivity index (χ2n) is 8.30. The highest BCUT2D eigenvalue weighted by atomic mass is 35.5. The van der Waals surface area contributed by atoms with Gasteiger partial charge >= 0.3 is 6.03 Å². The highest BCUT2D eigenvalue weighted by Gasteiger charge is 2.35. The van der Waals surface area contributed by atoms with Gasteiger partial charge < -0.3 is 25.1 Å². The van der Waals surface area contributed by atoms with Crippen molar-refractivity contribution in [3.63, 3.8) is 0 Å². The molecule has 0 bridgehead atoms. The first-order chi connectivity index (χ1) is 14.7. The predicted molar refractivity (Wildman–Crippen MR) is 119 cm³/mol. The number of piperazine rings is 1. The fourth-order valence-corrected chi connectivity index (χ4v) is 4.41. The maximum Gasteiger partial charge on any atom is 0.322 e. The van der Waals surface area contributed by atoms with E-state index in [0.29, 0.717) is 54.9 Å². The lowest BCUT2D eigenvalue weighted by Crippen LogP contribution is -2.58. The third-order valence-electron chi connectivity index (χ3n) is 5.77. The van der Waals surface area contributed by atoms with Gasteiger partial charge in [0.15, 0.2) is 0 Å². The van der Waals surface area contributed by atoms with Gasteiger partial charge in [0.05, 0.1) is 16.1 Å². The molecule has 2 saturated heterocycles. The van der Waals surface area contributed by atoms with E-state index in [1.165, 1.54) is 4.90 Å². The molecule has 2 aliphatic heterocycles. The third kappa shape index (κ3) is 5.81. The van der Waals surface area contributed by atoms with Crippen LogP contribution in [-0.2, 0) is 9.59 Å². The van der Waals surface area contributed by atoms with E-state index in [1.54, 1.807) is 34.9 Å². The summed E-state index contributed by atoms with van der Waals surface area (Å²) in [5.41, 5.74) is 0.491. The number of amides is 4. The number of nitrogens with zero attached hydrogens (tertiary/aromatic N) is 3. The number of carbonyl (C=O) groups excluding carboxylic acids is 3. The Kier molecular flexibility index (Phi) is 7.67. The highest BCUT2D eigenvalue weighted by molar-refractivity contribution is 6.42. The molecule has 31 heavy (non-hydrogen) atoms. The summed E-state index contributed by atoms with van der Waals surface area (Å²) >= 11 is 11.9. The summed E-state index contributed by atoms with van der Waals surface area (Å²) in [5, 5.41) is 13.3. The van der Waals surface area contributed by atoms with Crippen molar-refractivity contribution in [2.24, 2.45) is 5.92 Å². The first-order valence-electron chi connectivity index (χ1n) is 10.4. The van der Waals surface area contributed by atoms with Gasteiger partial charge in [-0.25, -0.2) is 4.79 Å². The maximum absolute atomic E-state index is 12.8. The zero-order valence-corrected chi connectivity index (χ0v) is 19.2. The standard InChI is InChI=1S/C21H28Cl2N4O4/c1-13-9-16(28)12-26(11-13)19(29)5-6-25-7-8-27(14(2)20(25)30)21(31)24-15-3-4-17(22)18(23)10-15/h3-4,10,13-14,16,28H,5-9,11-12H2,1-2H3,(H,24,31)/t13-,14-,16-/m0/s1. The number of nitrogens with one attached hydrogen (secondary N) is 1. The number of piperidine rings is 1. The summed E-state index contributed by atoms with van der Waals surface area (Å²) in [6, 6.07) is 3.73. The van der Waals surface area contributed by atoms with Gasteiger partial charge in [-0.1, -0.05) is 30.1 Å². The number of carbonyl (C=O) groups is 3. The van der Waals surface area contributed by atoms with E-state index in [4.69, 9.17) is 23.2 Å². The van der Waals surface area contributed by atoms with Crippen LogP contribution in [0.1, 0.15) is 26.7 Å². The van der Waals surface area contributed by atoms with E-state index in [2.05, 4.69) is 5.32 Å². The second kappa shape index (κ2) is 10.1. The molecule has 3 rings (SSSR count). The van der Waals surface area contributed by atoms with Crippen molar-refractivity contribution >= 4 is 46.7 Å². The van der Waals surface area contributed by atoms with Crippen LogP contribution in [0.5, 0.6) is 0 Å². The van der Waals surface area contributed by atoms with E-state index >= 15 is 0 Å². The van der Waals surface area contributed by atoms with Crippen LogP contribution in [0.3, 0.4) is 0 Å². The lowest BCUT2D eigenvalue weighted by atomic mass is 9.98. The molecule has 170 valence electrons. The molecule has 0 saturated carbocycles. The van der Waals surface area contributed by atoms with E-state index in [-0.39, 0.29) is 24.2 Å². The van der Waals surface area contributed by atoms with E-state index in [0.717, 1.165) is 0 Å². The third-order valence-corrected chi connectivity index (χ3v) is 6.50. The topological polar surface area (TPSA) is 93.2 Å². The number of urea groups is 1. The van der Waals surface area contributed by atoms with Crippen molar-refractivity contribution in [2.45, 2.75) is 38.8 Å². The molecule has 0 radical (unpaired) electrons. The van der Waals surface area contributed by atoms with Crippen molar-refractivity contribution in [2.75, 3.05) is 38.0 Å². The monoisotopic (exact) mass is 470 g/mol. The Morgan fingerprint density at radius 1 is 1.16 bits per heavy atom. The lowest BCUT2D eigenvalue weighted by molar-refractivity contribution is -0.141. The first-order valence-corrected chi connectivity index (χ1v) is 11.2. The fraction of sp³-hybridized carbons (Fsp3) is 0.571. The molecular weight excluding hydrogens is 443 g/mol. The van der Waals surface area contributed by atoms with Crippen LogP contribution in [0.15, 0.2) is 18.2 Å². The quantitative estimate of drug-likeness (QED) is 0.707. The van der Waals surface area contributed by atoms with Crippen LogP contribution >= 0.6 is 23.2 Å². The molecule has 4 amide bonds. The van der Waals surface area contributed by atoms with Crippen LogP contribution in [0.25, 0.3) is 0 Å². The Labute approximate surface area is 192 Å². The zero-order chi connectivity index (χ0) is 22.7. The summed E-state index contributed by atoms with van der Waals surface area (Å²) in [5.74, 6) is -0.00633. The SMILES string of the molecule is C[C@H]1C[C@H](O)CN(C(=O)CCN2CCN(C(=O)Nc3ccc(Cl)c(Cl)c3)[C@@H](C)C2=O)C1. The van der Waals surface area contributed by atoms with Crippen LogP contribution in [0, 0.1) is 5.92 Å². The summed E-state index contributed by atoms with van der Waals surface area (Å²) < 4.78 is 0. The Morgan fingerprint density at radius 2 is 1.90 bits per heavy atom. The first kappa shape index (κ1) is 23.6. The Hall–Kier alpha value is -2.03. The van der Waals surface area contributed by atoms with Crippen LogP contribution in [-0.4, -0.2) is 82.5 Å². The van der Waals surface area contributed by atoms with E-state index < -0.39 is 18.2 Å². The van der Waals surface area contributed by atoms with Crippen molar-refractivity contribution in [3.8, 4) is 0 Å².